The van der Waals surface area contributed by atoms with E-state index >= 15 is 0 Å². The van der Waals surface area contributed by atoms with E-state index in [1.807, 2.05) is 12.1 Å². The standard InChI is InChI=1S/C19H26N2O4/c1-12(2)8-9-25-13(3)18(23)20-16-6-4-14(5-7-16)10-15-11-17(22)21-19(15)24/h4-7,12-13,15H,8-11H2,1-3H3,(H,20,23)(H,21,22,24). The molecule has 2 N–H and O–H groups in total. The molecular weight excluding hydrogens is 320 g/mol. The van der Waals surface area contributed by atoms with Crippen LogP contribution in [0.4, 0.5) is 5.69 Å². The summed E-state index contributed by atoms with van der Waals surface area (Å²) >= 11 is 0. The number of ether oxygens (including phenoxy) is 1. The highest BCUT2D eigenvalue weighted by atomic mass is 16.5. The van der Waals surface area contributed by atoms with Crippen molar-refractivity contribution in [1.82, 2.24) is 5.32 Å². The molecule has 1 saturated heterocycles. The molecule has 0 bridgehead atoms. The lowest BCUT2D eigenvalue weighted by Gasteiger charge is -2.14. The van der Waals surface area contributed by atoms with Crippen molar-refractivity contribution < 1.29 is 19.1 Å². The van der Waals surface area contributed by atoms with Crippen LogP contribution < -0.4 is 10.6 Å². The number of nitrogens with one attached hydrogen (secondary N) is 2. The molecule has 136 valence electrons. The molecule has 1 aliphatic rings. The minimum Gasteiger partial charge on any atom is -0.369 e. The van der Waals surface area contributed by atoms with E-state index in [0.29, 0.717) is 24.6 Å². The molecule has 0 radical (unpaired) electrons. The van der Waals surface area contributed by atoms with Crippen LogP contribution >= 0.6 is 0 Å². The Morgan fingerprint density at radius 3 is 2.48 bits per heavy atom. The van der Waals surface area contributed by atoms with Crippen LogP contribution in [0.5, 0.6) is 0 Å². The quantitative estimate of drug-likeness (QED) is 0.707. The molecule has 1 aromatic carbocycles. The largest absolute Gasteiger partial charge is 0.369 e. The van der Waals surface area contributed by atoms with Crippen molar-refractivity contribution in [3.63, 3.8) is 0 Å². The lowest BCUT2D eigenvalue weighted by Crippen LogP contribution is -2.28. The fourth-order valence-electron chi connectivity index (χ4n) is 2.58. The van der Waals surface area contributed by atoms with Gasteiger partial charge in [0.05, 0.1) is 5.92 Å². The number of benzene rings is 1. The highest BCUT2D eigenvalue weighted by molar-refractivity contribution is 6.03. The number of anilines is 1. The monoisotopic (exact) mass is 346 g/mol. The topological polar surface area (TPSA) is 84.5 Å². The normalized spacial score (nSPS) is 18.3. The molecule has 2 unspecified atom stereocenters. The lowest BCUT2D eigenvalue weighted by molar-refractivity contribution is -0.127. The summed E-state index contributed by atoms with van der Waals surface area (Å²) in [6.07, 6.45) is 1.17. The van der Waals surface area contributed by atoms with Gasteiger partial charge in [-0.1, -0.05) is 26.0 Å². The molecule has 1 aliphatic heterocycles. The van der Waals surface area contributed by atoms with Crippen LogP contribution in [0.25, 0.3) is 0 Å². The molecule has 6 heteroatoms. The van der Waals surface area contributed by atoms with Crippen LogP contribution in [-0.4, -0.2) is 30.4 Å². The van der Waals surface area contributed by atoms with Gasteiger partial charge in [0.15, 0.2) is 0 Å². The predicted octanol–water partition coefficient (Wildman–Crippen LogP) is 2.28. The Kier molecular flexibility index (Phi) is 6.70. The van der Waals surface area contributed by atoms with E-state index < -0.39 is 6.10 Å². The molecule has 1 fully saturated rings. The van der Waals surface area contributed by atoms with Crippen LogP contribution in [0, 0.1) is 11.8 Å². The number of amides is 3. The van der Waals surface area contributed by atoms with Crippen molar-refractivity contribution in [2.75, 3.05) is 11.9 Å². The summed E-state index contributed by atoms with van der Waals surface area (Å²) < 4.78 is 5.53. The Bertz CT molecular complexity index is 625. The Hall–Kier alpha value is -2.21. The first-order chi connectivity index (χ1) is 11.8. The maximum atomic E-state index is 12.1. The average Bonchev–Trinajstić information content (AvgIpc) is 2.86. The van der Waals surface area contributed by atoms with Crippen molar-refractivity contribution >= 4 is 23.4 Å². The van der Waals surface area contributed by atoms with Gasteiger partial charge in [-0.3, -0.25) is 19.7 Å². The zero-order chi connectivity index (χ0) is 18.4. The smallest absolute Gasteiger partial charge is 0.253 e. The molecule has 0 aliphatic carbocycles. The maximum absolute atomic E-state index is 12.1. The van der Waals surface area contributed by atoms with Crippen molar-refractivity contribution in [3.8, 4) is 0 Å². The molecule has 0 spiro atoms. The SMILES string of the molecule is CC(C)CCOC(C)C(=O)Nc1ccc(CC2CC(=O)NC2=O)cc1. The number of carbonyl (C=O) groups excluding carboxylic acids is 3. The van der Waals surface area contributed by atoms with E-state index in [-0.39, 0.29) is 30.1 Å². The van der Waals surface area contributed by atoms with Gasteiger partial charge >= 0.3 is 0 Å². The fourth-order valence-corrected chi connectivity index (χ4v) is 2.58. The number of carbonyl (C=O) groups is 3. The van der Waals surface area contributed by atoms with E-state index in [1.54, 1.807) is 19.1 Å². The number of imide groups is 1. The Morgan fingerprint density at radius 2 is 1.92 bits per heavy atom. The van der Waals surface area contributed by atoms with E-state index in [0.717, 1.165) is 12.0 Å². The average molecular weight is 346 g/mol. The third kappa shape index (κ3) is 5.98. The van der Waals surface area contributed by atoms with Crippen LogP contribution in [-0.2, 0) is 25.5 Å². The zero-order valence-corrected chi connectivity index (χ0v) is 15.0. The van der Waals surface area contributed by atoms with E-state index in [4.69, 9.17) is 4.74 Å². The van der Waals surface area contributed by atoms with Gasteiger partial charge in [0.1, 0.15) is 6.10 Å². The van der Waals surface area contributed by atoms with Gasteiger partial charge in [0.25, 0.3) is 5.91 Å². The molecule has 1 heterocycles. The van der Waals surface area contributed by atoms with Gasteiger partial charge in [-0.2, -0.15) is 0 Å². The fraction of sp³-hybridized carbons (Fsp3) is 0.526. The predicted molar refractivity (Wildman–Crippen MR) is 94.9 cm³/mol. The maximum Gasteiger partial charge on any atom is 0.253 e. The minimum atomic E-state index is -0.508. The molecule has 0 aromatic heterocycles. The Labute approximate surface area is 148 Å². The highest BCUT2D eigenvalue weighted by Crippen LogP contribution is 2.19. The first-order valence-electron chi connectivity index (χ1n) is 8.70. The second-order valence-corrected chi connectivity index (χ2v) is 6.90. The Morgan fingerprint density at radius 1 is 1.24 bits per heavy atom. The highest BCUT2D eigenvalue weighted by Gasteiger charge is 2.30. The molecule has 0 saturated carbocycles. The Balaban J connectivity index is 1.82. The zero-order valence-electron chi connectivity index (χ0n) is 15.0. The van der Waals surface area contributed by atoms with Crippen molar-refractivity contribution in [2.45, 2.75) is 46.1 Å². The third-order valence-corrected chi connectivity index (χ3v) is 4.20. The minimum absolute atomic E-state index is 0.183. The van der Waals surface area contributed by atoms with Crippen LogP contribution in [0.3, 0.4) is 0 Å². The van der Waals surface area contributed by atoms with Gasteiger partial charge in [-0.05, 0) is 43.4 Å². The van der Waals surface area contributed by atoms with Crippen LogP contribution in [0.1, 0.15) is 39.2 Å². The summed E-state index contributed by atoms with van der Waals surface area (Å²) in [5.74, 6) is -0.375. The van der Waals surface area contributed by atoms with Crippen molar-refractivity contribution in [2.24, 2.45) is 11.8 Å². The molecule has 6 nitrogen and oxygen atoms in total. The molecule has 2 rings (SSSR count). The second-order valence-electron chi connectivity index (χ2n) is 6.90. The van der Waals surface area contributed by atoms with Crippen molar-refractivity contribution in [1.29, 1.82) is 0 Å². The number of hydrogen-bond acceptors (Lipinski definition) is 4. The van der Waals surface area contributed by atoms with Gasteiger partial charge < -0.3 is 10.1 Å². The molecule has 3 amide bonds. The second kappa shape index (κ2) is 8.76. The number of rotatable bonds is 8. The van der Waals surface area contributed by atoms with E-state index in [2.05, 4.69) is 24.5 Å². The summed E-state index contributed by atoms with van der Waals surface area (Å²) in [5.41, 5.74) is 1.63. The van der Waals surface area contributed by atoms with E-state index in [9.17, 15) is 14.4 Å². The number of hydrogen-bond donors (Lipinski definition) is 2. The first-order valence-corrected chi connectivity index (χ1v) is 8.70. The van der Waals surface area contributed by atoms with Gasteiger partial charge in [-0.25, -0.2) is 0 Å². The van der Waals surface area contributed by atoms with Crippen molar-refractivity contribution in [3.05, 3.63) is 29.8 Å². The molecule has 2 atom stereocenters. The van der Waals surface area contributed by atoms with Gasteiger partial charge in [0.2, 0.25) is 11.8 Å². The molecular formula is C19H26N2O4. The summed E-state index contributed by atoms with van der Waals surface area (Å²) in [4.78, 5) is 34.9. The van der Waals surface area contributed by atoms with Crippen LogP contribution in [0.15, 0.2) is 24.3 Å². The van der Waals surface area contributed by atoms with E-state index in [1.165, 1.54) is 0 Å². The van der Waals surface area contributed by atoms with Gasteiger partial charge in [0, 0.05) is 18.7 Å². The summed E-state index contributed by atoms with van der Waals surface area (Å²) in [5, 5.41) is 5.13. The lowest BCUT2D eigenvalue weighted by atomic mass is 9.98. The van der Waals surface area contributed by atoms with Gasteiger partial charge in [-0.15, -0.1) is 0 Å². The van der Waals surface area contributed by atoms with Crippen LogP contribution in [0.2, 0.25) is 0 Å². The summed E-state index contributed by atoms with van der Waals surface area (Å²) in [7, 11) is 0. The molecule has 1 aromatic rings. The summed E-state index contributed by atoms with van der Waals surface area (Å²) in [6, 6.07) is 7.30. The third-order valence-electron chi connectivity index (χ3n) is 4.20. The first kappa shape index (κ1) is 19.1. The summed E-state index contributed by atoms with van der Waals surface area (Å²) in [6.45, 7) is 6.52. The molecule has 25 heavy (non-hydrogen) atoms.